The van der Waals surface area contributed by atoms with Gasteiger partial charge in [0.05, 0.1) is 16.7 Å². The fourth-order valence-corrected chi connectivity index (χ4v) is 6.92. The van der Waals surface area contributed by atoms with Crippen LogP contribution in [0.25, 0.3) is 0 Å². The number of urea groups is 1. The molecule has 0 spiro atoms. The molecule has 5 nitrogen and oxygen atoms in total. The Hall–Kier alpha value is -2.30. The molecule has 1 aliphatic heterocycles. The van der Waals surface area contributed by atoms with E-state index in [2.05, 4.69) is 15.5 Å². The van der Waals surface area contributed by atoms with Crippen molar-refractivity contribution < 1.29 is 35.9 Å². The number of amides is 2. The minimum absolute atomic E-state index is 0.0417. The number of nitrogens with zero attached hydrogens (tertiary/aromatic N) is 1. The van der Waals surface area contributed by atoms with E-state index in [4.69, 9.17) is 0 Å². The molecule has 2 saturated carbocycles. The summed E-state index contributed by atoms with van der Waals surface area (Å²) in [6, 6.07) is 1.29. The van der Waals surface area contributed by atoms with E-state index < -0.39 is 34.8 Å². The van der Waals surface area contributed by atoms with Gasteiger partial charge in [0, 0.05) is 24.6 Å². The Labute approximate surface area is 244 Å². The third-order valence-corrected chi connectivity index (χ3v) is 9.29. The van der Waals surface area contributed by atoms with Gasteiger partial charge in [0.25, 0.3) is 0 Å². The Balaban J connectivity index is 1.19. The number of unbranched alkanes of at least 4 members (excludes halogenated alkanes) is 1. The number of hydrogen-bond acceptors (Lipinski definition) is 3. The van der Waals surface area contributed by atoms with Gasteiger partial charge in [0.1, 0.15) is 0 Å². The predicted octanol–water partition coefficient (Wildman–Crippen LogP) is 8.12. The number of rotatable bonds is 10. The average molecular weight is 604 g/mol. The van der Waals surface area contributed by atoms with Crippen LogP contribution in [0.4, 0.5) is 31.1 Å². The number of benzene rings is 1. The molecule has 0 atom stereocenters. The molecule has 1 heterocycles. The Bertz CT molecular complexity index is 1020. The molecule has 0 aromatic heterocycles. The molecular weight excluding hydrogens is 560 g/mol. The zero-order valence-electron chi connectivity index (χ0n) is 24.1. The average Bonchev–Trinajstić information content (AvgIpc) is 3.38. The van der Waals surface area contributed by atoms with Gasteiger partial charge in [-0.3, -0.25) is 4.79 Å². The maximum absolute atomic E-state index is 13.1. The highest BCUT2D eigenvalue weighted by Crippen LogP contribution is 2.37. The normalized spacial score (nSPS) is 20.9. The lowest BCUT2D eigenvalue weighted by molar-refractivity contribution is -0.143. The summed E-state index contributed by atoms with van der Waals surface area (Å²) in [4.78, 5) is 27.7. The van der Waals surface area contributed by atoms with E-state index in [9.17, 15) is 35.9 Å². The summed E-state index contributed by atoms with van der Waals surface area (Å²) in [5.74, 6) is -0.243. The topological polar surface area (TPSA) is 61.4 Å². The summed E-state index contributed by atoms with van der Waals surface area (Å²) in [5.41, 5.74) is -3.67. The number of halogens is 6. The lowest BCUT2D eigenvalue weighted by atomic mass is 9.89. The number of piperidine rings is 1. The number of carbonyl (C=O) groups excluding carboxylic acids is 2. The second-order valence-corrected chi connectivity index (χ2v) is 12.6. The van der Waals surface area contributed by atoms with Crippen LogP contribution in [-0.4, -0.2) is 47.9 Å². The number of Topliss-reactive ketones (excluding diaryl/α,β-unsaturated/α-hetero) is 1. The summed E-state index contributed by atoms with van der Waals surface area (Å²) in [6.07, 6.45) is 3.76. The number of hydrogen-bond donors (Lipinski definition) is 2. The molecule has 2 N–H and O–H groups in total. The fraction of sp³-hybridized carbons (Fsp3) is 0.742. The lowest BCUT2D eigenvalue weighted by Crippen LogP contribution is -2.58. The van der Waals surface area contributed by atoms with E-state index in [1.54, 1.807) is 0 Å². The predicted molar refractivity (Wildman–Crippen MR) is 148 cm³/mol. The molecule has 0 bridgehead atoms. The molecular formula is C31H43F6N3O2. The summed E-state index contributed by atoms with van der Waals surface area (Å²) >= 11 is 0. The first-order valence-corrected chi connectivity index (χ1v) is 15.5. The number of nitrogens with one attached hydrogen (secondary N) is 2. The van der Waals surface area contributed by atoms with Crippen LogP contribution in [0.5, 0.6) is 0 Å². The summed E-state index contributed by atoms with van der Waals surface area (Å²) in [5, 5.41) is 6.53. The highest BCUT2D eigenvalue weighted by atomic mass is 19.4. The highest BCUT2D eigenvalue weighted by Gasteiger charge is 2.39. The first kappa shape index (κ1) is 32.6. The SMILES string of the molecule is O=C(NC1CCCCC1)NC1(CN2CCC(CCCCC(=O)c3cc(C(F)(F)F)cc(C(F)(F)F)c3)CC2)CCCC1. The highest BCUT2D eigenvalue weighted by molar-refractivity contribution is 5.96. The maximum atomic E-state index is 13.1. The van der Waals surface area contributed by atoms with Crippen LogP contribution >= 0.6 is 0 Å². The number of ketones is 1. The van der Waals surface area contributed by atoms with Crippen LogP contribution < -0.4 is 10.6 Å². The second kappa shape index (κ2) is 14.0. The Kier molecular flexibility index (Phi) is 10.9. The van der Waals surface area contributed by atoms with Gasteiger partial charge in [0.15, 0.2) is 5.78 Å². The van der Waals surface area contributed by atoms with Gasteiger partial charge < -0.3 is 15.5 Å². The third-order valence-electron chi connectivity index (χ3n) is 9.29. The van der Waals surface area contributed by atoms with Gasteiger partial charge in [-0.25, -0.2) is 4.79 Å². The van der Waals surface area contributed by atoms with Gasteiger partial charge in [0.2, 0.25) is 0 Å². The van der Waals surface area contributed by atoms with Crippen molar-refractivity contribution in [1.29, 1.82) is 0 Å². The van der Waals surface area contributed by atoms with Crippen molar-refractivity contribution in [2.75, 3.05) is 19.6 Å². The van der Waals surface area contributed by atoms with Crippen molar-refractivity contribution in [3.8, 4) is 0 Å². The lowest BCUT2D eigenvalue weighted by Gasteiger charge is -2.40. The molecule has 0 radical (unpaired) electrons. The van der Waals surface area contributed by atoms with Crippen molar-refractivity contribution in [3.05, 3.63) is 34.9 Å². The van der Waals surface area contributed by atoms with E-state index in [0.717, 1.165) is 77.4 Å². The molecule has 2 amide bonds. The fourth-order valence-electron chi connectivity index (χ4n) is 6.92. The zero-order valence-corrected chi connectivity index (χ0v) is 24.1. The maximum Gasteiger partial charge on any atom is 0.416 e. The van der Waals surface area contributed by atoms with E-state index in [-0.39, 0.29) is 30.1 Å². The Morgan fingerprint density at radius 3 is 1.98 bits per heavy atom. The number of alkyl halides is 6. The molecule has 1 saturated heterocycles. The number of carbonyl (C=O) groups is 2. The van der Waals surface area contributed by atoms with Gasteiger partial charge in [-0.2, -0.15) is 26.3 Å². The van der Waals surface area contributed by atoms with Gasteiger partial charge in [-0.05, 0) is 82.2 Å². The minimum atomic E-state index is -4.97. The molecule has 2 aliphatic carbocycles. The van der Waals surface area contributed by atoms with Crippen LogP contribution in [-0.2, 0) is 12.4 Å². The largest absolute Gasteiger partial charge is 0.416 e. The summed E-state index contributed by atoms with van der Waals surface area (Å²) in [6.45, 7) is 2.67. The standard InChI is InChI=1S/C31H43F6N3O2/c32-30(33,34)24-18-23(19-25(20-24)31(35,36)37)27(41)11-5-4-8-22-12-16-40(17-13-22)21-29(14-6-7-15-29)39-28(42)38-26-9-2-1-3-10-26/h18-20,22,26H,1-17,21H2,(H2,38,39,42). The van der Waals surface area contributed by atoms with Crippen molar-refractivity contribution in [2.24, 2.45) is 5.92 Å². The van der Waals surface area contributed by atoms with E-state index in [1.807, 2.05) is 0 Å². The van der Waals surface area contributed by atoms with Crippen LogP contribution in [0.2, 0.25) is 0 Å². The molecule has 1 aromatic carbocycles. The number of likely N-dealkylation sites (tertiary alicyclic amines) is 1. The minimum Gasteiger partial charge on any atom is -0.335 e. The molecule has 4 rings (SSSR count). The second-order valence-electron chi connectivity index (χ2n) is 12.6. The van der Waals surface area contributed by atoms with Gasteiger partial charge in [-0.1, -0.05) is 44.9 Å². The zero-order chi connectivity index (χ0) is 30.4. The quantitative estimate of drug-likeness (QED) is 0.161. The third kappa shape index (κ3) is 9.35. The van der Waals surface area contributed by atoms with Gasteiger partial charge >= 0.3 is 18.4 Å². The van der Waals surface area contributed by atoms with Crippen molar-refractivity contribution in [3.63, 3.8) is 0 Å². The van der Waals surface area contributed by atoms with E-state index in [1.165, 1.54) is 19.3 Å². The summed E-state index contributed by atoms with van der Waals surface area (Å²) in [7, 11) is 0. The smallest absolute Gasteiger partial charge is 0.335 e. The van der Waals surface area contributed by atoms with Crippen molar-refractivity contribution in [1.82, 2.24) is 15.5 Å². The van der Waals surface area contributed by atoms with Crippen LogP contribution in [0.1, 0.15) is 118 Å². The Morgan fingerprint density at radius 1 is 0.810 bits per heavy atom. The first-order valence-electron chi connectivity index (χ1n) is 15.5. The molecule has 0 unspecified atom stereocenters. The van der Waals surface area contributed by atoms with Crippen LogP contribution in [0.15, 0.2) is 18.2 Å². The Morgan fingerprint density at radius 2 is 1.40 bits per heavy atom. The van der Waals surface area contributed by atoms with Crippen molar-refractivity contribution >= 4 is 11.8 Å². The summed E-state index contributed by atoms with van der Waals surface area (Å²) < 4.78 is 78.7. The molecule has 3 aliphatic rings. The van der Waals surface area contributed by atoms with E-state index in [0.29, 0.717) is 30.9 Å². The monoisotopic (exact) mass is 603 g/mol. The molecule has 1 aromatic rings. The van der Waals surface area contributed by atoms with Gasteiger partial charge in [-0.15, -0.1) is 0 Å². The molecule has 3 fully saturated rings. The van der Waals surface area contributed by atoms with Crippen LogP contribution in [0, 0.1) is 5.92 Å². The molecule has 11 heteroatoms. The van der Waals surface area contributed by atoms with E-state index >= 15 is 0 Å². The van der Waals surface area contributed by atoms with Crippen LogP contribution in [0.3, 0.4) is 0 Å². The first-order chi connectivity index (χ1) is 19.8. The molecule has 236 valence electrons. The molecule has 42 heavy (non-hydrogen) atoms. The van der Waals surface area contributed by atoms with Crippen molar-refractivity contribution in [2.45, 2.75) is 120 Å².